The van der Waals surface area contributed by atoms with E-state index in [1.54, 1.807) is 4.88 Å². The van der Waals surface area contributed by atoms with Crippen LogP contribution in [0.15, 0.2) is 11.4 Å². The molecule has 0 unspecified atom stereocenters. The maximum absolute atomic E-state index is 3.49. The number of aryl methyl sites for hydroxylation is 1. The standard InChI is InChI=1S/C16H26N2S.2ClH/c1-13-7-12-19-16(13)15(14-5-3-2-4-6-14)18-10-8-17-9-11-18;;/h7,12,14-15,17H,2-6,8-11H2,1H3;2*1H/t15-;;/m1../s1. The lowest BCUT2D eigenvalue weighted by Crippen LogP contribution is -2.47. The molecular formula is C16H28Cl2N2S. The zero-order valence-electron chi connectivity index (χ0n) is 12.8. The van der Waals surface area contributed by atoms with E-state index in [9.17, 15) is 0 Å². The maximum Gasteiger partial charge on any atom is 0.0473 e. The van der Waals surface area contributed by atoms with Crippen molar-refractivity contribution in [3.63, 3.8) is 0 Å². The van der Waals surface area contributed by atoms with E-state index in [1.165, 1.54) is 50.8 Å². The topological polar surface area (TPSA) is 15.3 Å². The van der Waals surface area contributed by atoms with Crippen LogP contribution in [-0.4, -0.2) is 31.1 Å². The molecule has 1 atom stereocenters. The van der Waals surface area contributed by atoms with Crippen LogP contribution in [0.1, 0.15) is 48.6 Å². The molecule has 1 aliphatic heterocycles. The van der Waals surface area contributed by atoms with Gasteiger partial charge in [-0.3, -0.25) is 4.90 Å². The van der Waals surface area contributed by atoms with Gasteiger partial charge in [0.05, 0.1) is 0 Å². The summed E-state index contributed by atoms with van der Waals surface area (Å²) < 4.78 is 0. The van der Waals surface area contributed by atoms with Gasteiger partial charge in [0.2, 0.25) is 0 Å². The van der Waals surface area contributed by atoms with Crippen molar-refractivity contribution in [2.75, 3.05) is 26.2 Å². The van der Waals surface area contributed by atoms with E-state index in [1.807, 2.05) is 11.3 Å². The zero-order valence-corrected chi connectivity index (χ0v) is 15.3. The van der Waals surface area contributed by atoms with Gasteiger partial charge in [-0.15, -0.1) is 36.2 Å². The highest BCUT2D eigenvalue weighted by Crippen LogP contribution is 2.41. The van der Waals surface area contributed by atoms with E-state index in [0.29, 0.717) is 6.04 Å². The van der Waals surface area contributed by atoms with Crippen molar-refractivity contribution < 1.29 is 0 Å². The fourth-order valence-corrected chi connectivity index (χ4v) is 4.93. The molecule has 2 heterocycles. The van der Waals surface area contributed by atoms with E-state index in [4.69, 9.17) is 0 Å². The van der Waals surface area contributed by atoms with Gasteiger partial charge in [-0.1, -0.05) is 19.3 Å². The summed E-state index contributed by atoms with van der Waals surface area (Å²) in [6.07, 6.45) is 7.21. The second-order valence-corrected chi connectivity index (χ2v) is 7.04. The Morgan fingerprint density at radius 2 is 1.81 bits per heavy atom. The van der Waals surface area contributed by atoms with Crippen LogP contribution in [0.4, 0.5) is 0 Å². The highest BCUT2D eigenvalue weighted by Gasteiger charge is 2.32. The predicted octanol–water partition coefficient (Wildman–Crippen LogP) is 4.43. The average molecular weight is 351 g/mol. The van der Waals surface area contributed by atoms with E-state index in [-0.39, 0.29) is 24.8 Å². The van der Waals surface area contributed by atoms with Crippen LogP contribution in [0.2, 0.25) is 0 Å². The lowest BCUT2D eigenvalue weighted by atomic mass is 9.82. The van der Waals surface area contributed by atoms with E-state index >= 15 is 0 Å². The molecule has 2 nitrogen and oxygen atoms in total. The second-order valence-electron chi connectivity index (χ2n) is 6.10. The van der Waals surface area contributed by atoms with Crippen molar-refractivity contribution in [1.29, 1.82) is 0 Å². The van der Waals surface area contributed by atoms with Gasteiger partial charge in [0.15, 0.2) is 0 Å². The van der Waals surface area contributed by atoms with Crippen LogP contribution >= 0.6 is 36.2 Å². The van der Waals surface area contributed by atoms with E-state index < -0.39 is 0 Å². The third kappa shape index (κ3) is 4.59. The van der Waals surface area contributed by atoms with Crippen molar-refractivity contribution in [3.05, 3.63) is 21.9 Å². The van der Waals surface area contributed by atoms with Crippen LogP contribution in [0.25, 0.3) is 0 Å². The van der Waals surface area contributed by atoms with Crippen molar-refractivity contribution in [1.82, 2.24) is 10.2 Å². The van der Waals surface area contributed by atoms with Gasteiger partial charge >= 0.3 is 0 Å². The Morgan fingerprint density at radius 1 is 1.14 bits per heavy atom. The Labute approximate surface area is 145 Å². The first-order chi connectivity index (χ1) is 9.36. The molecule has 0 amide bonds. The van der Waals surface area contributed by atoms with E-state index in [2.05, 4.69) is 28.6 Å². The summed E-state index contributed by atoms with van der Waals surface area (Å²) in [5.41, 5.74) is 1.51. The molecule has 0 spiro atoms. The second kappa shape index (κ2) is 9.36. The van der Waals surface area contributed by atoms with Gasteiger partial charge in [-0.25, -0.2) is 0 Å². The SMILES string of the molecule is Cc1ccsc1[C@@H](C1CCCCC1)N1CCNCC1.Cl.Cl. The summed E-state index contributed by atoms with van der Waals surface area (Å²) >= 11 is 1.98. The number of piperazine rings is 1. The summed E-state index contributed by atoms with van der Waals surface area (Å²) in [6.45, 7) is 7.06. The molecule has 1 N–H and O–H groups in total. The molecule has 1 saturated carbocycles. The third-order valence-corrected chi connectivity index (χ3v) is 5.90. The van der Waals surface area contributed by atoms with Crippen molar-refractivity contribution in [2.45, 2.75) is 45.1 Å². The molecule has 0 bridgehead atoms. The maximum atomic E-state index is 3.49. The van der Waals surface area contributed by atoms with Crippen molar-refractivity contribution in [3.8, 4) is 0 Å². The first-order valence-electron chi connectivity index (χ1n) is 7.85. The van der Waals surface area contributed by atoms with Crippen LogP contribution in [0, 0.1) is 12.8 Å². The Balaban J connectivity index is 0.00000110. The summed E-state index contributed by atoms with van der Waals surface area (Å²) in [5.74, 6) is 0.893. The summed E-state index contributed by atoms with van der Waals surface area (Å²) in [4.78, 5) is 4.40. The molecule has 1 aliphatic carbocycles. The minimum Gasteiger partial charge on any atom is -0.314 e. The average Bonchev–Trinajstić information content (AvgIpc) is 2.88. The Morgan fingerprint density at radius 3 is 2.38 bits per heavy atom. The number of hydrogen-bond donors (Lipinski definition) is 1. The smallest absolute Gasteiger partial charge is 0.0473 e. The minimum absolute atomic E-state index is 0. The van der Waals surface area contributed by atoms with Crippen LogP contribution < -0.4 is 5.32 Å². The molecule has 0 radical (unpaired) electrons. The van der Waals surface area contributed by atoms with Gasteiger partial charge in [-0.05, 0) is 42.7 Å². The lowest BCUT2D eigenvalue weighted by molar-refractivity contribution is 0.105. The fraction of sp³-hybridized carbons (Fsp3) is 0.750. The lowest BCUT2D eigenvalue weighted by Gasteiger charge is -2.41. The minimum atomic E-state index is 0. The summed E-state index contributed by atoms with van der Waals surface area (Å²) in [5, 5.41) is 5.77. The van der Waals surface area contributed by atoms with Gasteiger partial charge in [0.1, 0.15) is 0 Å². The number of hydrogen-bond acceptors (Lipinski definition) is 3. The first-order valence-corrected chi connectivity index (χ1v) is 8.73. The van der Waals surface area contributed by atoms with E-state index in [0.717, 1.165) is 19.0 Å². The number of thiophene rings is 1. The largest absolute Gasteiger partial charge is 0.314 e. The van der Waals surface area contributed by atoms with Gasteiger partial charge in [0, 0.05) is 37.1 Å². The molecule has 21 heavy (non-hydrogen) atoms. The molecule has 2 fully saturated rings. The number of nitrogens with one attached hydrogen (secondary N) is 1. The molecule has 2 aliphatic rings. The summed E-state index contributed by atoms with van der Waals surface area (Å²) in [7, 11) is 0. The predicted molar refractivity (Wildman–Crippen MR) is 97.3 cm³/mol. The fourth-order valence-electron chi connectivity index (χ4n) is 3.78. The van der Waals surface area contributed by atoms with Gasteiger partial charge < -0.3 is 5.32 Å². The molecule has 1 aromatic heterocycles. The van der Waals surface area contributed by atoms with Crippen LogP contribution in [0.3, 0.4) is 0 Å². The van der Waals surface area contributed by atoms with Gasteiger partial charge in [-0.2, -0.15) is 0 Å². The monoisotopic (exact) mass is 350 g/mol. The van der Waals surface area contributed by atoms with Crippen molar-refractivity contribution in [2.24, 2.45) is 5.92 Å². The molecule has 1 aromatic rings. The van der Waals surface area contributed by atoms with Crippen LogP contribution in [-0.2, 0) is 0 Å². The normalized spacial score (nSPS) is 22.1. The highest BCUT2D eigenvalue weighted by molar-refractivity contribution is 7.10. The van der Waals surface area contributed by atoms with Crippen molar-refractivity contribution >= 4 is 36.2 Å². The van der Waals surface area contributed by atoms with Gasteiger partial charge in [0.25, 0.3) is 0 Å². The number of halogens is 2. The molecule has 122 valence electrons. The summed E-state index contributed by atoms with van der Waals surface area (Å²) in [6, 6.07) is 3.00. The molecule has 5 heteroatoms. The Kier molecular flexibility index (Phi) is 8.58. The molecule has 3 rings (SSSR count). The van der Waals surface area contributed by atoms with Crippen LogP contribution in [0.5, 0.6) is 0 Å². The zero-order chi connectivity index (χ0) is 13.1. The molecule has 0 aromatic carbocycles. The Bertz CT molecular complexity index is 381. The molecular weight excluding hydrogens is 323 g/mol. The Hall–Kier alpha value is 0.200. The molecule has 1 saturated heterocycles. The first kappa shape index (κ1) is 19.2. The third-order valence-electron chi connectivity index (χ3n) is 4.81. The number of nitrogens with zero attached hydrogens (tertiary/aromatic N) is 1. The highest BCUT2D eigenvalue weighted by atomic mass is 35.5. The quantitative estimate of drug-likeness (QED) is 0.867. The number of rotatable bonds is 3.